The molecule has 0 aromatic carbocycles. The van der Waals surface area contributed by atoms with Gasteiger partial charge in [0.05, 0.1) is 0 Å². The lowest BCUT2D eigenvalue weighted by molar-refractivity contribution is 0.199. The number of imidazole rings is 1. The highest BCUT2D eigenvalue weighted by atomic mass is 15.2. The van der Waals surface area contributed by atoms with Gasteiger partial charge < -0.3 is 4.57 Å². The van der Waals surface area contributed by atoms with Gasteiger partial charge in [0.15, 0.2) is 5.65 Å². The summed E-state index contributed by atoms with van der Waals surface area (Å²) in [6, 6.07) is 5.29. The van der Waals surface area contributed by atoms with E-state index in [2.05, 4.69) is 55.1 Å². The average molecular weight is 314 g/mol. The van der Waals surface area contributed by atoms with E-state index in [4.69, 9.17) is 4.98 Å². The van der Waals surface area contributed by atoms with E-state index in [0.717, 1.165) is 24.1 Å². The maximum atomic E-state index is 4.93. The second-order valence-electron chi connectivity index (χ2n) is 8.35. The Bertz CT molecular complexity index is 666. The molecular weight excluding hydrogens is 284 g/mol. The Hall–Kier alpha value is -1.42. The molecule has 4 nitrogen and oxygen atoms in total. The van der Waals surface area contributed by atoms with Gasteiger partial charge in [-0.2, -0.15) is 0 Å². The van der Waals surface area contributed by atoms with Gasteiger partial charge in [-0.3, -0.25) is 4.90 Å². The third kappa shape index (κ3) is 3.57. The first kappa shape index (κ1) is 16.4. The summed E-state index contributed by atoms with van der Waals surface area (Å²) in [6.07, 6.45) is 5.50. The predicted octanol–water partition coefficient (Wildman–Crippen LogP) is 3.89. The molecule has 1 aliphatic heterocycles. The fraction of sp³-hybridized carbons (Fsp3) is 0.684. The lowest BCUT2D eigenvalue weighted by Crippen LogP contribution is -2.37. The van der Waals surface area contributed by atoms with E-state index >= 15 is 0 Å². The zero-order chi connectivity index (χ0) is 16.6. The molecule has 4 heteroatoms. The average Bonchev–Trinajstić information content (AvgIpc) is 3.04. The number of hydrogen-bond donors (Lipinski definition) is 0. The highest BCUT2D eigenvalue weighted by Crippen LogP contribution is 2.27. The first-order valence-corrected chi connectivity index (χ1v) is 8.91. The molecule has 0 saturated carbocycles. The number of nitrogens with zero attached hydrogens (tertiary/aromatic N) is 4. The van der Waals surface area contributed by atoms with Crippen molar-refractivity contribution in [1.82, 2.24) is 19.4 Å². The van der Waals surface area contributed by atoms with Crippen molar-refractivity contribution in [2.24, 2.45) is 5.41 Å². The van der Waals surface area contributed by atoms with Crippen LogP contribution in [0.3, 0.4) is 0 Å². The van der Waals surface area contributed by atoms with Gasteiger partial charge in [-0.05, 0) is 50.8 Å². The lowest BCUT2D eigenvalue weighted by atomic mass is 9.96. The van der Waals surface area contributed by atoms with E-state index in [9.17, 15) is 0 Å². The Balaban J connectivity index is 1.94. The summed E-state index contributed by atoms with van der Waals surface area (Å²) in [5.41, 5.74) is 2.28. The van der Waals surface area contributed by atoms with Gasteiger partial charge in [0.1, 0.15) is 11.3 Å². The molecule has 1 aliphatic rings. The number of pyridine rings is 1. The van der Waals surface area contributed by atoms with Gasteiger partial charge in [0.25, 0.3) is 0 Å². The molecule has 0 radical (unpaired) electrons. The molecule has 0 bridgehead atoms. The van der Waals surface area contributed by atoms with Gasteiger partial charge in [0, 0.05) is 31.2 Å². The Labute approximate surface area is 139 Å². The topological polar surface area (TPSA) is 34.0 Å². The molecule has 2 aromatic rings. The molecule has 126 valence electrons. The van der Waals surface area contributed by atoms with Crippen molar-refractivity contribution in [2.45, 2.75) is 72.5 Å². The molecule has 1 unspecified atom stereocenters. The number of rotatable bonds is 4. The van der Waals surface area contributed by atoms with E-state index in [1.807, 2.05) is 12.3 Å². The van der Waals surface area contributed by atoms with Crippen LogP contribution in [0.2, 0.25) is 0 Å². The van der Waals surface area contributed by atoms with Crippen LogP contribution in [0.4, 0.5) is 0 Å². The van der Waals surface area contributed by atoms with Crippen LogP contribution in [-0.4, -0.2) is 38.1 Å². The Kier molecular flexibility index (Phi) is 4.45. The van der Waals surface area contributed by atoms with Crippen LogP contribution >= 0.6 is 0 Å². The number of fused-ring (bicyclic) bond motifs is 1. The second-order valence-corrected chi connectivity index (χ2v) is 8.35. The highest BCUT2D eigenvalue weighted by molar-refractivity contribution is 5.71. The predicted molar refractivity (Wildman–Crippen MR) is 95.6 cm³/mol. The Morgan fingerprint density at radius 3 is 2.78 bits per heavy atom. The van der Waals surface area contributed by atoms with E-state index in [1.54, 1.807) is 0 Å². The van der Waals surface area contributed by atoms with Crippen molar-refractivity contribution in [2.75, 3.05) is 6.54 Å². The molecule has 23 heavy (non-hydrogen) atoms. The molecule has 2 aromatic heterocycles. The van der Waals surface area contributed by atoms with Crippen molar-refractivity contribution in [1.29, 1.82) is 0 Å². The first-order chi connectivity index (χ1) is 10.8. The summed E-state index contributed by atoms with van der Waals surface area (Å²) in [5.74, 6) is 1.20. The first-order valence-electron chi connectivity index (χ1n) is 8.91. The van der Waals surface area contributed by atoms with Crippen LogP contribution in [0.5, 0.6) is 0 Å². The van der Waals surface area contributed by atoms with Crippen molar-refractivity contribution in [3.8, 4) is 0 Å². The minimum absolute atomic E-state index is 0.216. The van der Waals surface area contributed by atoms with Crippen LogP contribution in [0.25, 0.3) is 11.2 Å². The van der Waals surface area contributed by atoms with Gasteiger partial charge in [0.2, 0.25) is 0 Å². The molecular formula is C19H30N4. The SMILES string of the molecule is CC(C)N1CCCC1Cc1nc2cccnc2n1CC(C)(C)C. The smallest absolute Gasteiger partial charge is 0.160 e. The maximum absolute atomic E-state index is 4.93. The summed E-state index contributed by atoms with van der Waals surface area (Å²) in [7, 11) is 0. The van der Waals surface area contributed by atoms with Crippen molar-refractivity contribution in [3.05, 3.63) is 24.2 Å². The normalized spacial score (nSPS) is 20.0. The Morgan fingerprint density at radius 2 is 2.09 bits per heavy atom. The fourth-order valence-electron chi connectivity index (χ4n) is 3.77. The minimum atomic E-state index is 0.216. The maximum Gasteiger partial charge on any atom is 0.160 e. The number of likely N-dealkylation sites (tertiary alicyclic amines) is 1. The van der Waals surface area contributed by atoms with E-state index < -0.39 is 0 Å². The lowest BCUT2D eigenvalue weighted by Gasteiger charge is -2.29. The monoisotopic (exact) mass is 314 g/mol. The van der Waals surface area contributed by atoms with Crippen molar-refractivity contribution >= 4 is 11.2 Å². The van der Waals surface area contributed by atoms with Gasteiger partial charge in [-0.1, -0.05) is 20.8 Å². The van der Waals surface area contributed by atoms with E-state index in [1.165, 1.54) is 25.2 Å². The largest absolute Gasteiger partial charge is 0.312 e. The standard InChI is InChI=1S/C19H30N4/c1-14(2)22-11-7-8-15(22)12-17-21-16-9-6-10-20-18(16)23(17)13-19(3,4)5/h6,9-10,14-15H,7-8,11-13H2,1-5H3. The van der Waals surface area contributed by atoms with Crippen LogP contribution in [0, 0.1) is 5.41 Å². The fourth-order valence-corrected chi connectivity index (χ4v) is 3.77. The quantitative estimate of drug-likeness (QED) is 0.858. The summed E-state index contributed by atoms with van der Waals surface area (Å²) in [5, 5.41) is 0. The zero-order valence-corrected chi connectivity index (χ0v) is 15.2. The van der Waals surface area contributed by atoms with Gasteiger partial charge >= 0.3 is 0 Å². The molecule has 0 amide bonds. The summed E-state index contributed by atoms with van der Waals surface area (Å²) < 4.78 is 2.35. The van der Waals surface area contributed by atoms with Crippen LogP contribution in [-0.2, 0) is 13.0 Å². The molecule has 3 rings (SSSR count). The molecule has 1 fully saturated rings. The third-order valence-corrected chi connectivity index (χ3v) is 4.72. The summed E-state index contributed by atoms with van der Waals surface area (Å²) in [6.45, 7) is 13.6. The molecule has 1 saturated heterocycles. The third-order valence-electron chi connectivity index (χ3n) is 4.72. The van der Waals surface area contributed by atoms with Gasteiger partial charge in [-0.15, -0.1) is 0 Å². The van der Waals surface area contributed by atoms with Crippen molar-refractivity contribution in [3.63, 3.8) is 0 Å². The van der Waals surface area contributed by atoms with Crippen LogP contribution in [0.1, 0.15) is 53.3 Å². The van der Waals surface area contributed by atoms with Crippen LogP contribution in [0.15, 0.2) is 18.3 Å². The molecule has 0 aliphatic carbocycles. The van der Waals surface area contributed by atoms with Crippen LogP contribution < -0.4 is 0 Å². The van der Waals surface area contributed by atoms with E-state index in [-0.39, 0.29) is 5.41 Å². The zero-order valence-electron chi connectivity index (χ0n) is 15.2. The second kappa shape index (κ2) is 6.23. The molecule has 3 heterocycles. The number of aromatic nitrogens is 3. The molecule has 0 N–H and O–H groups in total. The Morgan fingerprint density at radius 1 is 1.30 bits per heavy atom. The van der Waals surface area contributed by atoms with Crippen molar-refractivity contribution < 1.29 is 0 Å². The molecule has 0 spiro atoms. The van der Waals surface area contributed by atoms with E-state index in [0.29, 0.717) is 12.1 Å². The highest BCUT2D eigenvalue weighted by Gasteiger charge is 2.29. The minimum Gasteiger partial charge on any atom is -0.312 e. The molecule has 1 atom stereocenters. The van der Waals surface area contributed by atoms with Gasteiger partial charge in [-0.25, -0.2) is 9.97 Å². The summed E-state index contributed by atoms with van der Waals surface area (Å²) in [4.78, 5) is 12.2. The number of hydrogen-bond acceptors (Lipinski definition) is 3. The summed E-state index contributed by atoms with van der Waals surface area (Å²) >= 11 is 0.